The summed E-state index contributed by atoms with van der Waals surface area (Å²) >= 11 is 3.17. The van der Waals surface area contributed by atoms with Crippen molar-refractivity contribution in [3.8, 4) is 0 Å². The number of hydrogen-bond donors (Lipinski definition) is 1. The molecule has 0 bridgehead atoms. The van der Waals surface area contributed by atoms with Gasteiger partial charge in [0.1, 0.15) is 5.76 Å². The molecular formula is C15H14BrF3N2O2. The number of amides is 1. The van der Waals surface area contributed by atoms with Crippen molar-refractivity contribution in [3.63, 3.8) is 0 Å². The maximum Gasteiger partial charge on any atom is 0.416 e. The van der Waals surface area contributed by atoms with Gasteiger partial charge in [-0.25, -0.2) is 0 Å². The van der Waals surface area contributed by atoms with Gasteiger partial charge in [0, 0.05) is 12.7 Å². The average Bonchev–Trinajstić information content (AvgIpc) is 2.89. The van der Waals surface area contributed by atoms with Gasteiger partial charge < -0.3 is 14.6 Å². The first-order valence-corrected chi connectivity index (χ1v) is 7.44. The molecule has 1 heterocycles. The first kappa shape index (κ1) is 17.4. The molecular weight excluding hydrogens is 377 g/mol. The highest BCUT2D eigenvalue weighted by molar-refractivity contribution is 9.10. The number of nitrogens with one attached hydrogen (secondary N) is 1. The third kappa shape index (κ3) is 5.02. The number of alkyl halides is 3. The van der Waals surface area contributed by atoms with E-state index in [2.05, 4.69) is 21.2 Å². The summed E-state index contributed by atoms with van der Waals surface area (Å²) in [5, 5.41) is 2.70. The van der Waals surface area contributed by atoms with Gasteiger partial charge in [-0.1, -0.05) is 6.07 Å². The van der Waals surface area contributed by atoms with Crippen LogP contribution in [0.25, 0.3) is 0 Å². The molecule has 1 N–H and O–H groups in total. The van der Waals surface area contributed by atoms with Crippen molar-refractivity contribution in [3.05, 3.63) is 52.4 Å². The molecule has 1 aromatic carbocycles. The van der Waals surface area contributed by atoms with Gasteiger partial charge >= 0.3 is 6.18 Å². The molecule has 1 aromatic heterocycles. The van der Waals surface area contributed by atoms with E-state index in [1.807, 2.05) is 0 Å². The van der Waals surface area contributed by atoms with Crippen LogP contribution >= 0.6 is 15.9 Å². The fraction of sp³-hybridized carbons (Fsp3) is 0.267. The molecule has 23 heavy (non-hydrogen) atoms. The third-order valence-electron chi connectivity index (χ3n) is 3.08. The first-order chi connectivity index (χ1) is 10.8. The van der Waals surface area contributed by atoms with Gasteiger partial charge in [0.25, 0.3) is 0 Å². The van der Waals surface area contributed by atoms with Crippen LogP contribution in [0.2, 0.25) is 0 Å². The summed E-state index contributed by atoms with van der Waals surface area (Å²) in [6.45, 7) is 0.161. The monoisotopic (exact) mass is 390 g/mol. The molecule has 1 amide bonds. The van der Waals surface area contributed by atoms with Gasteiger partial charge in [0.2, 0.25) is 5.91 Å². The Bertz CT molecular complexity index is 685. The van der Waals surface area contributed by atoms with Crippen LogP contribution in [0.5, 0.6) is 0 Å². The molecule has 0 spiro atoms. The standard InChI is InChI=1S/C15H14BrF3N2O2/c1-21(9-12-5-6-13(16)23-12)14(22)8-20-11-4-2-3-10(7-11)15(17,18)19/h2-7,20H,8-9H2,1H3. The van der Waals surface area contributed by atoms with Crippen LogP contribution in [0.3, 0.4) is 0 Å². The zero-order chi connectivity index (χ0) is 17.0. The number of carbonyl (C=O) groups excluding carboxylic acids is 1. The molecule has 4 nitrogen and oxygen atoms in total. The van der Waals surface area contributed by atoms with Crippen molar-refractivity contribution in [2.75, 3.05) is 18.9 Å². The van der Waals surface area contributed by atoms with Gasteiger partial charge in [-0.15, -0.1) is 0 Å². The van der Waals surface area contributed by atoms with Gasteiger partial charge in [-0.3, -0.25) is 4.79 Å². The van der Waals surface area contributed by atoms with Crippen LogP contribution in [0.4, 0.5) is 18.9 Å². The fourth-order valence-corrected chi connectivity index (χ4v) is 2.22. The van der Waals surface area contributed by atoms with E-state index < -0.39 is 11.7 Å². The number of carbonyl (C=O) groups is 1. The summed E-state index contributed by atoms with van der Waals surface area (Å²) in [7, 11) is 1.59. The molecule has 0 saturated heterocycles. The Hall–Kier alpha value is -1.96. The lowest BCUT2D eigenvalue weighted by Crippen LogP contribution is -2.31. The number of furan rings is 1. The van der Waals surface area contributed by atoms with Crippen LogP contribution in [-0.2, 0) is 17.5 Å². The lowest BCUT2D eigenvalue weighted by atomic mass is 10.2. The first-order valence-electron chi connectivity index (χ1n) is 6.65. The molecule has 0 atom stereocenters. The number of rotatable bonds is 5. The molecule has 0 aliphatic heterocycles. The zero-order valence-corrected chi connectivity index (χ0v) is 13.7. The molecule has 0 radical (unpaired) electrons. The van der Waals surface area contributed by atoms with E-state index in [-0.39, 0.29) is 24.7 Å². The highest BCUT2D eigenvalue weighted by atomic mass is 79.9. The second kappa shape index (κ2) is 7.08. The summed E-state index contributed by atoms with van der Waals surface area (Å²) in [4.78, 5) is 13.4. The summed E-state index contributed by atoms with van der Waals surface area (Å²) in [6.07, 6.45) is -4.41. The molecule has 0 unspecified atom stereocenters. The lowest BCUT2D eigenvalue weighted by molar-refractivity contribution is -0.137. The molecule has 0 aliphatic carbocycles. The number of anilines is 1. The van der Waals surface area contributed by atoms with Crippen LogP contribution in [0, 0.1) is 0 Å². The van der Waals surface area contributed by atoms with Crippen molar-refractivity contribution < 1.29 is 22.4 Å². The van der Waals surface area contributed by atoms with E-state index in [0.29, 0.717) is 10.4 Å². The van der Waals surface area contributed by atoms with Crippen LogP contribution in [0.1, 0.15) is 11.3 Å². The Kier molecular flexibility index (Phi) is 5.35. The SMILES string of the molecule is CN(Cc1ccc(Br)o1)C(=O)CNc1cccc(C(F)(F)F)c1. The van der Waals surface area contributed by atoms with Gasteiger partial charge in [0.15, 0.2) is 4.67 Å². The Labute approximate surface area is 139 Å². The topological polar surface area (TPSA) is 45.5 Å². The Balaban J connectivity index is 1.91. The highest BCUT2D eigenvalue weighted by Gasteiger charge is 2.30. The molecule has 0 fully saturated rings. The average molecular weight is 391 g/mol. The molecule has 0 saturated carbocycles. The predicted octanol–water partition coefficient (Wildman–Crippen LogP) is 4.13. The summed E-state index contributed by atoms with van der Waals surface area (Å²) in [5.74, 6) is 0.335. The second-order valence-electron chi connectivity index (χ2n) is 4.89. The summed E-state index contributed by atoms with van der Waals surface area (Å²) < 4.78 is 43.7. The summed E-state index contributed by atoms with van der Waals surface area (Å²) in [5.41, 5.74) is -0.522. The van der Waals surface area contributed by atoms with Crippen molar-refractivity contribution in [1.82, 2.24) is 4.90 Å². The highest BCUT2D eigenvalue weighted by Crippen LogP contribution is 2.30. The molecule has 2 rings (SSSR count). The number of hydrogen-bond acceptors (Lipinski definition) is 3. The van der Waals surface area contributed by atoms with E-state index in [0.717, 1.165) is 12.1 Å². The van der Waals surface area contributed by atoms with Gasteiger partial charge in [0.05, 0.1) is 18.7 Å². The van der Waals surface area contributed by atoms with E-state index in [1.54, 1.807) is 19.2 Å². The van der Waals surface area contributed by atoms with E-state index in [1.165, 1.54) is 17.0 Å². The minimum atomic E-state index is -4.41. The van der Waals surface area contributed by atoms with Crippen molar-refractivity contribution in [2.24, 2.45) is 0 Å². The largest absolute Gasteiger partial charge is 0.452 e. The molecule has 8 heteroatoms. The Morgan fingerprint density at radius 3 is 2.65 bits per heavy atom. The van der Waals surface area contributed by atoms with Gasteiger partial charge in [-0.05, 0) is 46.3 Å². The van der Waals surface area contributed by atoms with Crippen molar-refractivity contribution >= 4 is 27.5 Å². The molecule has 0 aliphatic rings. The van der Waals surface area contributed by atoms with Gasteiger partial charge in [-0.2, -0.15) is 13.2 Å². The van der Waals surface area contributed by atoms with E-state index in [4.69, 9.17) is 4.42 Å². The van der Waals surface area contributed by atoms with E-state index >= 15 is 0 Å². The summed E-state index contributed by atoms with van der Waals surface area (Å²) in [6, 6.07) is 8.17. The van der Waals surface area contributed by atoms with Crippen LogP contribution in [0.15, 0.2) is 45.5 Å². The predicted molar refractivity (Wildman–Crippen MR) is 82.8 cm³/mol. The zero-order valence-electron chi connectivity index (χ0n) is 12.2. The van der Waals surface area contributed by atoms with E-state index in [9.17, 15) is 18.0 Å². The number of nitrogens with zero attached hydrogens (tertiary/aromatic N) is 1. The van der Waals surface area contributed by atoms with Crippen molar-refractivity contribution in [1.29, 1.82) is 0 Å². The molecule has 124 valence electrons. The lowest BCUT2D eigenvalue weighted by Gasteiger charge is -2.17. The maximum absolute atomic E-state index is 12.6. The second-order valence-corrected chi connectivity index (χ2v) is 5.67. The molecule has 2 aromatic rings. The number of benzene rings is 1. The van der Waals surface area contributed by atoms with Crippen LogP contribution in [-0.4, -0.2) is 24.4 Å². The Morgan fingerprint density at radius 1 is 1.30 bits per heavy atom. The normalized spacial score (nSPS) is 11.3. The minimum absolute atomic E-state index is 0.111. The maximum atomic E-state index is 12.6. The Morgan fingerprint density at radius 2 is 2.04 bits per heavy atom. The third-order valence-corrected chi connectivity index (χ3v) is 3.51. The van der Waals surface area contributed by atoms with Crippen LogP contribution < -0.4 is 5.32 Å². The van der Waals surface area contributed by atoms with Crippen molar-refractivity contribution in [2.45, 2.75) is 12.7 Å². The smallest absolute Gasteiger partial charge is 0.416 e. The number of halogens is 4. The number of likely N-dealkylation sites (N-methyl/N-ethyl adjacent to an activating group) is 1. The quantitative estimate of drug-likeness (QED) is 0.834. The fourth-order valence-electron chi connectivity index (χ4n) is 1.88. The minimum Gasteiger partial charge on any atom is -0.452 e.